The highest BCUT2D eigenvalue weighted by Gasteiger charge is 2.47. The molecule has 0 aliphatic heterocycles. The van der Waals surface area contributed by atoms with E-state index in [1.54, 1.807) is 12.3 Å². The van der Waals surface area contributed by atoms with Gasteiger partial charge in [-0.25, -0.2) is 0 Å². The average molecular weight is 287 g/mol. The van der Waals surface area contributed by atoms with E-state index >= 15 is 0 Å². The predicted molar refractivity (Wildman–Crippen MR) is 70.6 cm³/mol. The van der Waals surface area contributed by atoms with Gasteiger partial charge >= 0.3 is 6.18 Å². The zero-order chi connectivity index (χ0) is 14.6. The van der Waals surface area contributed by atoms with Gasteiger partial charge in [-0.15, -0.1) is 0 Å². The predicted octanol–water partition coefficient (Wildman–Crippen LogP) is 2.82. The number of alkyl halides is 3. The molecule has 1 saturated carbocycles. The summed E-state index contributed by atoms with van der Waals surface area (Å²) in [5.74, 6) is 3.77. The number of aromatic nitrogens is 1. The summed E-state index contributed by atoms with van der Waals surface area (Å²) >= 11 is 0. The Hall–Kier alpha value is -1.14. The van der Waals surface area contributed by atoms with Crippen molar-refractivity contribution in [1.82, 2.24) is 10.4 Å². The van der Waals surface area contributed by atoms with Crippen molar-refractivity contribution in [2.24, 2.45) is 17.7 Å². The number of nitrogens with one attached hydrogen (secondary N) is 1. The van der Waals surface area contributed by atoms with Gasteiger partial charge in [-0.3, -0.25) is 16.3 Å². The topological polar surface area (TPSA) is 50.9 Å². The molecule has 1 aromatic rings. The highest BCUT2D eigenvalue weighted by atomic mass is 19.4. The molecule has 1 aliphatic carbocycles. The minimum Gasteiger partial charge on any atom is -0.271 e. The van der Waals surface area contributed by atoms with Crippen molar-refractivity contribution >= 4 is 0 Å². The van der Waals surface area contributed by atoms with Gasteiger partial charge in [-0.05, 0) is 30.9 Å². The molecular formula is C14H20F3N3. The number of nitrogens with two attached hydrogens (primary N) is 1. The number of hydrogen-bond donors (Lipinski definition) is 2. The molecule has 3 unspecified atom stereocenters. The third-order valence-corrected chi connectivity index (χ3v) is 4.13. The number of nitrogens with zero attached hydrogens (tertiary/aromatic N) is 1. The molecular weight excluding hydrogens is 267 g/mol. The molecule has 0 saturated heterocycles. The fourth-order valence-corrected chi connectivity index (χ4v) is 3.13. The molecule has 0 amide bonds. The molecule has 2 rings (SSSR count). The largest absolute Gasteiger partial charge is 0.392 e. The molecule has 112 valence electrons. The Morgan fingerprint density at radius 3 is 2.65 bits per heavy atom. The number of rotatable bonds is 4. The van der Waals surface area contributed by atoms with Gasteiger partial charge < -0.3 is 0 Å². The number of hydrogen-bond acceptors (Lipinski definition) is 3. The molecule has 1 aliphatic rings. The number of halogens is 3. The monoisotopic (exact) mass is 287 g/mol. The van der Waals surface area contributed by atoms with Crippen LogP contribution in [0.4, 0.5) is 13.2 Å². The van der Waals surface area contributed by atoms with Crippen molar-refractivity contribution in [2.75, 3.05) is 0 Å². The Labute approximate surface area is 116 Å². The maximum Gasteiger partial charge on any atom is 0.392 e. The van der Waals surface area contributed by atoms with Gasteiger partial charge in [-0.1, -0.05) is 18.9 Å². The molecule has 3 atom stereocenters. The van der Waals surface area contributed by atoms with Gasteiger partial charge in [-0.2, -0.15) is 13.2 Å². The molecule has 1 aromatic heterocycles. The molecule has 6 heteroatoms. The fourth-order valence-electron chi connectivity index (χ4n) is 3.13. The summed E-state index contributed by atoms with van der Waals surface area (Å²) in [7, 11) is 0. The molecule has 0 aromatic carbocycles. The van der Waals surface area contributed by atoms with Crippen LogP contribution in [-0.4, -0.2) is 17.2 Å². The van der Waals surface area contributed by atoms with Crippen LogP contribution < -0.4 is 11.3 Å². The third kappa shape index (κ3) is 3.70. The Bertz CT molecular complexity index is 408. The van der Waals surface area contributed by atoms with Crippen LogP contribution in [0.1, 0.15) is 31.4 Å². The lowest BCUT2D eigenvalue weighted by molar-refractivity contribution is -0.199. The standard InChI is InChI=1S/C14H20F3N3/c15-14(16,17)12-7-2-1-6-11(12)13(20-18)9-10-5-3-4-8-19-10/h3-5,8,11-13,20H,1-2,6-7,9,18H2. The first kappa shape index (κ1) is 15.3. The Balaban J connectivity index is 2.12. The van der Waals surface area contributed by atoms with Crippen molar-refractivity contribution in [1.29, 1.82) is 0 Å². The van der Waals surface area contributed by atoms with Crippen molar-refractivity contribution in [2.45, 2.75) is 44.3 Å². The zero-order valence-corrected chi connectivity index (χ0v) is 11.2. The minimum absolute atomic E-state index is 0.203. The average Bonchev–Trinajstić information content (AvgIpc) is 2.45. The zero-order valence-electron chi connectivity index (χ0n) is 11.2. The SMILES string of the molecule is NNC(Cc1ccccn1)C1CCCCC1C(F)(F)F. The summed E-state index contributed by atoms with van der Waals surface area (Å²) in [5.41, 5.74) is 3.35. The fraction of sp³-hybridized carbons (Fsp3) is 0.643. The van der Waals surface area contributed by atoms with Crippen LogP contribution >= 0.6 is 0 Å². The van der Waals surface area contributed by atoms with Gasteiger partial charge in [0.05, 0.1) is 5.92 Å². The van der Waals surface area contributed by atoms with Crippen molar-refractivity contribution in [3.8, 4) is 0 Å². The highest BCUT2D eigenvalue weighted by molar-refractivity contribution is 5.06. The first-order valence-corrected chi connectivity index (χ1v) is 6.95. The summed E-state index contributed by atoms with van der Waals surface area (Å²) < 4.78 is 39.4. The van der Waals surface area contributed by atoms with E-state index in [2.05, 4.69) is 10.4 Å². The van der Waals surface area contributed by atoms with Gasteiger partial charge in [0.25, 0.3) is 0 Å². The maximum absolute atomic E-state index is 13.1. The summed E-state index contributed by atoms with van der Waals surface area (Å²) in [6.07, 6.45) is 0.156. The van der Waals surface area contributed by atoms with Crippen LogP contribution in [-0.2, 0) is 6.42 Å². The van der Waals surface area contributed by atoms with Gasteiger partial charge in [0.15, 0.2) is 0 Å². The van der Waals surface area contributed by atoms with Crippen molar-refractivity contribution < 1.29 is 13.2 Å². The quantitative estimate of drug-likeness (QED) is 0.661. The third-order valence-electron chi connectivity index (χ3n) is 4.13. The molecule has 1 heterocycles. The van der Waals surface area contributed by atoms with E-state index in [1.807, 2.05) is 12.1 Å². The maximum atomic E-state index is 13.1. The van der Waals surface area contributed by atoms with Crippen LogP contribution in [0.15, 0.2) is 24.4 Å². The van der Waals surface area contributed by atoms with E-state index in [1.165, 1.54) is 0 Å². The molecule has 20 heavy (non-hydrogen) atoms. The Kier molecular flexibility index (Phi) is 4.99. The molecule has 0 radical (unpaired) electrons. The van der Waals surface area contributed by atoms with E-state index in [4.69, 9.17) is 5.84 Å². The summed E-state index contributed by atoms with van der Waals surface area (Å²) in [4.78, 5) is 4.17. The first-order chi connectivity index (χ1) is 9.52. The van der Waals surface area contributed by atoms with Crippen LogP contribution in [0.5, 0.6) is 0 Å². The van der Waals surface area contributed by atoms with Gasteiger partial charge in [0.2, 0.25) is 0 Å². The smallest absolute Gasteiger partial charge is 0.271 e. The van der Waals surface area contributed by atoms with E-state index in [0.29, 0.717) is 19.3 Å². The number of pyridine rings is 1. The normalized spacial score (nSPS) is 25.4. The van der Waals surface area contributed by atoms with Crippen LogP contribution in [0, 0.1) is 11.8 Å². The lowest BCUT2D eigenvalue weighted by Gasteiger charge is -2.37. The van der Waals surface area contributed by atoms with Gasteiger partial charge in [0, 0.05) is 24.4 Å². The Morgan fingerprint density at radius 1 is 1.30 bits per heavy atom. The molecule has 0 bridgehead atoms. The second kappa shape index (κ2) is 6.54. The Morgan fingerprint density at radius 2 is 2.05 bits per heavy atom. The van der Waals surface area contributed by atoms with Gasteiger partial charge in [0.1, 0.15) is 0 Å². The van der Waals surface area contributed by atoms with Crippen molar-refractivity contribution in [3.05, 3.63) is 30.1 Å². The lowest BCUT2D eigenvalue weighted by atomic mass is 9.74. The van der Waals surface area contributed by atoms with Crippen LogP contribution in [0.2, 0.25) is 0 Å². The van der Waals surface area contributed by atoms with Crippen molar-refractivity contribution in [3.63, 3.8) is 0 Å². The van der Waals surface area contributed by atoms with Crippen LogP contribution in [0.25, 0.3) is 0 Å². The van der Waals surface area contributed by atoms with E-state index in [9.17, 15) is 13.2 Å². The second-order valence-electron chi connectivity index (χ2n) is 5.39. The van der Waals surface area contributed by atoms with E-state index in [0.717, 1.165) is 12.1 Å². The molecule has 3 nitrogen and oxygen atoms in total. The van der Waals surface area contributed by atoms with E-state index in [-0.39, 0.29) is 6.42 Å². The second-order valence-corrected chi connectivity index (χ2v) is 5.39. The van der Waals surface area contributed by atoms with Crippen LogP contribution in [0.3, 0.4) is 0 Å². The molecule has 1 fully saturated rings. The highest BCUT2D eigenvalue weighted by Crippen LogP contribution is 2.43. The molecule has 0 spiro atoms. The van der Waals surface area contributed by atoms with E-state index < -0.39 is 24.1 Å². The lowest BCUT2D eigenvalue weighted by Crippen LogP contribution is -2.49. The number of hydrazine groups is 1. The minimum atomic E-state index is -4.15. The summed E-state index contributed by atoms with van der Waals surface area (Å²) in [6.45, 7) is 0. The molecule has 3 N–H and O–H groups in total. The first-order valence-electron chi connectivity index (χ1n) is 6.95. The summed E-state index contributed by atoms with van der Waals surface area (Å²) in [5, 5.41) is 0. The summed E-state index contributed by atoms with van der Waals surface area (Å²) in [6, 6.07) is 5.04.